The third-order valence-electron chi connectivity index (χ3n) is 6.39. The second-order valence-corrected chi connectivity index (χ2v) is 25.7. The summed E-state index contributed by atoms with van der Waals surface area (Å²) in [7, 11) is -5.07. The fraction of sp³-hybridized carbons (Fsp3) is 0.324. The SMILES string of the molecule is CC1=CC(P(F)C([Si](C)(C)C)[Si](C)(C)C)C(=C(c2ccc(C)cc2)c2ccc(C)cc2)C=C1.[C-]#[O+].[C-]#[O+].[C-]#[O+].[C-]#[O+].[C-]#[O+].[W]. The Morgan fingerprint density at radius 1 is 0.636 bits per heavy atom. The van der Waals surface area contributed by atoms with Crippen LogP contribution in [-0.4, -0.2) is 26.7 Å². The van der Waals surface area contributed by atoms with Crippen molar-refractivity contribution in [2.75, 3.05) is 0 Å². The fourth-order valence-corrected chi connectivity index (χ4v) is 23.7. The maximum Gasteiger partial charge on any atom is 0 e. The monoisotopic (exact) mass is 818 g/mol. The Hall–Kier alpha value is -2.16. The Balaban J connectivity index is -0.000000660. The van der Waals surface area contributed by atoms with E-state index in [0.29, 0.717) is 0 Å². The van der Waals surface area contributed by atoms with E-state index in [1.54, 1.807) is 0 Å². The molecule has 0 saturated heterocycles. The van der Waals surface area contributed by atoms with Crippen molar-refractivity contribution in [2.24, 2.45) is 0 Å². The maximum absolute atomic E-state index is 16.9. The normalized spacial score (nSPS) is 13.6. The minimum atomic E-state index is -1.69. The van der Waals surface area contributed by atoms with Gasteiger partial charge in [0.05, 0.1) is 30.0 Å². The molecular formula is C34H40FO5PSi2W. The molecule has 5 nitrogen and oxygen atoms in total. The number of benzene rings is 2. The van der Waals surface area contributed by atoms with Crippen molar-refractivity contribution in [2.45, 2.75) is 70.6 Å². The van der Waals surface area contributed by atoms with Gasteiger partial charge in [-0.2, -0.15) is 0 Å². The zero-order valence-corrected chi connectivity index (χ0v) is 32.6. The van der Waals surface area contributed by atoms with Gasteiger partial charge < -0.3 is 0 Å². The van der Waals surface area contributed by atoms with Crippen LogP contribution in [0.4, 0.5) is 4.20 Å². The first-order valence-corrected chi connectivity index (χ1v) is 21.5. The molecule has 0 bridgehead atoms. The molecule has 0 radical (unpaired) electrons. The summed E-state index contributed by atoms with van der Waals surface area (Å²) >= 11 is 0. The molecule has 10 heteroatoms. The molecule has 232 valence electrons. The molecule has 0 amide bonds. The van der Waals surface area contributed by atoms with Crippen molar-refractivity contribution in [1.29, 1.82) is 0 Å². The molecule has 3 rings (SSSR count). The zero-order valence-electron chi connectivity index (χ0n) is 26.8. The van der Waals surface area contributed by atoms with Gasteiger partial charge in [0, 0.05) is 21.1 Å². The molecule has 0 N–H and O–H groups in total. The van der Waals surface area contributed by atoms with Gasteiger partial charge in [-0.1, -0.05) is 123 Å². The average Bonchev–Trinajstić information content (AvgIpc) is 2.99. The van der Waals surface area contributed by atoms with Gasteiger partial charge in [-0.3, -0.25) is 0 Å². The molecule has 2 atom stereocenters. The van der Waals surface area contributed by atoms with Gasteiger partial charge in [-0.05, 0) is 47.9 Å². The third kappa shape index (κ3) is 15.2. The first-order chi connectivity index (χ1) is 20.3. The van der Waals surface area contributed by atoms with Crippen molar-refractivity contribution in [3.8, 4) is 0 Å². The summed E-state index contributed by atoms with van der Waals surface area (Å²) in [5, 5.41) is 0. The van der Waals surface area contributed by atoms with Gasteiger partial charge in [0.1, 0.15) is 0 Å². The van der Waals surface area contributed by atoms with Crippen LogP contribution in [0, 0.1) is 47.1 Å². The summed E-state index contributed by atoms with van der Waals surface area (Å²) in [5.74, 6) is 0. The smallest absolute Gasteiger partial charge is 0 e. The van der Waals surface area contributed by atoms with Gasteiger partial charge in [-0.25, -0.2) is 4.20 Å². The average molecular weight is 819 g/mol. The zero-order chi connectivity index (χ0) is 34.6. The van der Waals surface area contributed by atoms with Gasteiger partial charge in [0.2, 0.25) is 0 Å². The van der Waals surface area contributed by atoms with E-state index in [4.69, 9.17) is 23.3 Å². The van der Waals surface area contributed by atoms with Crippen LogP contribution in [0.15, 0.2) is 77.9 Å². The van der Waals surface area contributed by atoms with Crippen molar-refractivity contribution in [1.82, 2.24) is 0 Å². The second kappa shape index (κ2) is 25.1. The molecule has 1 aliphatic rings. The van der Waals surface area contributed by atoms with E-state index in [1.165, 1.54) is 33.4 Å². The molecule has 0 heterocycles. The first-order valence-electron chi connectivity index (χ1n) is 13.0. The number of hydrogen-bond acceptors (Lipinski definition) is 0. The van der Waals surface area contributed by atoms with Gasteiger partial charge >= 0.3 is 56.5 Å². The maximum atomic E-state index is 16.9. The van der Waals surface area contributed by atoms with Crippen LogP contribution in [0.5, 0.6) is 0 Å². The van der Waals surface area contributed by atoms with E-state index in [-0.39, 0.29) is 31.6 Å². The summed E-state index contributed by atoms with van der Waals surface area (Å²) in [4.78, 5) is 0.243. The van der Waals surface area contributed by atoms with E-state index in [2.05, 4.69) is 160 Å². The van der Waals surface area contributed by atoms with Crippen LogP contribution in [0.25, 0.3) is 5.57 Å². The minimum absolute atomic E-state index is 0. The Kier molecular flexibility index (Phi) is 27.8. The Labute approximate surface area is 281 Å². The standard InChI is InChI=1S/C29H40FPSi2.5CO.W/c1-21-10-15-24(16-11-21)28(25-17-12-22(2)13-18-25)26-19-14-23(3)20-27(26)31(30)29(32(4,5)6)33(7,8)9;5*1-2;/h10-20,27,29H,1-9H3;;;;;;. The van der Waals surface area contributed by atoms with Crippen LogP contribution in [0.2, 0.25) is 39.3 Å². The number of hydrogen-bond donors (Lipinski definition) is 0. The molecule has 2 aromatic rings. The first kappa shape index (κ1) is 48.7. The second-order valence-electron chi connectivity index (χ2n) is 11.7. The van der Waals surface area contributed by atoms with Crippen LogP contribution in [0.1, 0.15) is 29.2 Å². The number of halogens is 1. The molecular weight excluding hydrogens is 778 g/mol. The van der Waals surface area contributed by atoms with Crippen LogP contribution < -0.4 is 0 Å². The quantitative estimate of drug-likeness (QED) is 0.120. The Morgan fingerprint density at radius 2 is 0.955 bits per heavy atom. The Morgan fingerprint density at radius 3 is 1.25 bits per heavy atom. The van der Waals surface area contributed by atoms with E-state index in [1.807, 2.05) is 0 Å². The summed E-state index contributed by atoms with van der Waals surface area (Å²) in [6.07, 6.45) is 6.58. The van der Waals surface area contributed by atoms with E-state index in [9.17, 15) is 0 Å². The molecule has 44 heavy (non-hydrogen) atoms. The summed E-state index contributed by atoms with van der Waals surface area (Å²) in [6, 6.07) is 17.4. The summed E-state index contributed by atoms with van der Waals surface area (Å²) in [6.45, 7) is 43.0. The molecule has 0 fully saturated rings. The predicted octanol–water partition coefficient (Wildman–Crippen LogP) is 9.29. The van der Waals surface area contributed by atoms with Gasteiger partial charge in [0.25, 0.3) is 0 Å². The van der Waals surface area contributed by atoms with Gasteiger partial charge in [-0.15, -0.1) is 0 Å². The van der Waals surface area contributed by atoms with Crippen LogP contribution in [0.3, 0.4) is 0 Å². The number of allylic oxidation sites excluding steroid dienone is 5. The summed E-state index contributed by atoms with van der Waals surface area (Å²) < 4.78 is 54.4. The Bertz CT molecular complexity index is 1220. The molecule has 2 aromatic carbocycles. The molecule has 2 unspecified atom stereocenters. The molecule has 1 aliphatic carbocycles. The van der Waals surface area contributed by atoms with Crippen molar-refractivity contribution >= 4 is 30.0 Å². The van der Waals surface area contributed by atoms with Crippen molar-refractivity contribution in [3.05, 3.63) is 133 Å². The molecule has 0 spiro atoms. The third-order valence-corrected chi connectivity index (χ3v) is 22.4. The molecule has 0 aromatic heterocycles. The van der Waals surface area contributed by atoms with Crippen molar-refractivity contribution < 1.29 is 48.5 Å². The largest absolute Gasteiger partial charge is 0 e. The minimum Gasteiger partial charge on any atom is 0 e. The van der Waals surface area contributed by atoms with Crippen LogP contribution in [-0.2, 0) is 44.3 Å². The fourth-order valence-electron chi connectivity index (χ4n) is 5.29. The summed E-state index contributed by atoms with van der Waals surface area (Å²) in [5.41, 5.74) is 8.15. The topological polar surface area (TPSA) is 99.5 Å². The van der Waals surface area contributed by atoms with Crippen LogP contribution >= 0.6 is 8.23 Å². The molecule has 0 aliphatic heterocycles. The van der Waals surface area contributed by atoms with Gasteiger partial charge in [0.15, 0.2) is 0 Å². The van der Waals surface area contributed by atoms with E-state index >= 15 is 4.20 Å². The predicted molar refractivity (Wildman–Crippen MR) is 173 cm³/mol. The van der Waals surface area contributed by atoms with Crippen molar-refractivity contribution in [3.63, 3.8) is 0 Å². The number of rotatable bonds is 6. The van der Waals surface area contributed by atoms with E-state index in [0.717, 1.165) is 5.57 Å². The number of aryl methyl sites for hydroxylation is 2. The van der Waals surface area contributed by atoms with E-state index < -0.39 is 24.4 Å². The molecule has 0 saturated carbocycles.